The first-order valence-electron chi connectivity index (χ1n) is 12.4. The molecule has 0 saturated carbocycles. The van der Waals surface area contributed by atoms with E-state index in [9.17, 15) is 0 Å². The van der Waals surface area contributed by atoms with Crippen molar-refractivity contribution in [2.45, 2.75) is 37.8 Å². The molecule has 2 aliphatic rings. The maximum Gasteiger partial charge on any atom is 0.126 e. The Bertz CT molecular complexity index is 1170. The summed E-state index contributed by atoms with van der Waals surface area (Å²) in [4.78, 5) is 9.87. The highest BCUT2D eigenvalue weighted by atomic mass is 15.1. The Hall–Kier alpha value is -3.22. The largest absolute Gasteiger partial charge is 0.336 e. The lowest BCUT2D eigenvalue weighted by molar-refractivity contribution is 0.580. The molecule has 2 atom stereocenters. The summed E-state index contributed by atoms with van der Waals surface area (Å²) >= 11 is 0. The number of nitrogens with one attached hydrogen (secondary N) is 2. The Morgan fingerprint density at radius 1 is 0.618 bits per heavy atom. The zero-order valence-electron chi connectivity index (χ0n) is 20.0. The normalized spacial score (nSPS) is 20.3. The Balaban J connectivity index is 1.20. The van der Waals surface area contributed by atoms with Gasteiger partial charge in [0.25, 0.3) is 0 Å². The van der Waals surface area contributed by atoms with E-state index in [1.807, 2.05) is 0 Å². The number of aromatic nitrogens is 4. The Morgan fingerprint density at radius 3 is 1.35 bits per heavy atom. The van der Waals surface area contributed by atoms with Crippen molar-refractivity contribution < 1.29 is 0 Å². The molecule has 2 fully saturated rings. The highest BCUT2D eigenvalue weighted by Gasteiger charge is 2.22. The van der Waals surface area contributed by atoms with E-state index in [1.54, 1.807) is 0 Å². The van der Waals surface area contributed by atoms with E-state index in [0.29, 0.717) is 12.1 Å². The van der Waals surface area contributed by atoms with Crippen LogP contribution in [0.25, 0.3) is 33.6 Å². The molecule has 34 heavy (non-hydrogen) atoms. The first-order valence-corrected chi connectivity index (χ1v) is 12.4. The van der Waals surface area contributed by atoms with Crippen LogP contribution in [0.2, 0.25) is 0 Å². The predicted molar refractivity (Wildman–Crippen MR) is 136 cm³/mol. The lowest BCUT2D eigenvalue weighted by atomic mass is 10.0. The van der Waals surface area contributed by atoms with Crippen LogP contribution in [0.1, 0.15) is 49.4 Å². The monoisotopic (exact) mass is 452 g/mol. The van der Waals surface area contributed by atoms with Crippen LogP contribution < -0.4 is 10.6 Å². The number of rotatable bonds is 5. The van der Waals surface area contributed by atoms with Crippen LogP contribution in [-0.2, 0) is 14.1 Å². The summed E-state index contributed by atoms with van der Waals surface area (Å²) in [5, 5.41) is 7.10. The minimum Gasteiger partial charge on any atom is -0.336 e. The fourth-order valence-corrected chi connectivity index (χ4v) is 5.36. The van der Waals surface area contributed by atoms with E-state index in [4.69, 9.17) is 9.97 Å². The zero-order chi connectivity index (χ0) is 23.1. The van der Waals surface area contributed by atoms with Crippen LogP contribution in [0, 0.1) is 0 Å². The van der Waals surface area contributed by atoms with Crippen LogP contribution in [0.3, 0.4) is 0 Å². The van der Waals surface area contributed by atoms with Gasteiger partial charge in [-0.25, -0.2) is 9.97 Å². The number of aryl methyl sites for hydroxylation is 2. The summed E-state index contributed by atoms with van der Waals surface area (Å²) in [5.74, 6) is 2.27. The minimum atomic E-state index is 0.376. The highest BCUT2D eigenvalue weighted by Crippen LogP contribution is 2.30. The summed E-state index contributed by atoms with van der Waals surface area (Å²) in [6.07, 6.45) is 9.05. The van der Waals surface area contributed by atoms with Gasteiger partial charge < -0.3 is 19.8 Å². The third-order valence-electron chi connectivity index (χ3n) is 7.26. The van der Waals surface area contributed by atoms with Gasteiger partial charge in [-0.05, 0) is 49.9 Å². The van der Waals surface area contributed by atoms with E-state index < -0.39 is 0 Å². The molecule has 6 heteroatoms. The minimum absolute atomic E-state index is 0.376. The number of benzene rings is 2. The molecule has 2 aliphatic heterocycles. The first kappa shape index (κ1) is 21.3. The summed E-state index contributed by atoms with van der Waals surface area (Å²) in [6.45, 7) is 2.17. The molecule has 4 heterocycles. The van der Waals surface area contributed by atoms with Gasteiger partial charge in [0.05, 0.1) is 23.5 Å². The molecule has 6 rings (SSSR count). The molecule has 4 aromatic rings. The second-order valence-corrected chi connectivity index (χ2v) is 9.64. The third kappa shape index (κ3) is 3.97. The molecule has 0 bridgehead atoms. The van der Waals surface area contributed by atoms with Gasteiger partial charge in [0.15, 0.2) is 0 Å². The molecule has 0 spiro atoms. The van der Waals surface area contributed by atoms with Crippen LogP contribution >= 0.6 is 0 Å². The van der Waals surface area contributed by atoms with Gasteiger partial charge in [0.1, 0.15) is 11.6 Å². The van der Waals surface area contributed by atoms with Crippen molar-refractivity contribution in [3.05, 3.63) is 72.6 Å². The van der Waals surface area contributed by atoms with E-state index in [1.165, 1.54) is 24.0 Å². The van der Waals surface area contributed by atoms with Gasteiger partial charge in [0, 0.05) is 37.6 Å². The quantitative estimate of drug-likeness (QED) is 0.447. The van der Waals surface area contributed by atoms with E-state index >= 15 is 0 Å². The summed E-state index contributed by atoms with van der Waals surface area (Å²) < 4.78 is 4.33. The van der Waals surface area contributed by atoms with E-state index in [2.05, 4.69) is 94.8 Å². The van der Waals surface area contributed by atoms with Crippen LogP contribution in [0.5, 0.6) is 0 Å². The molecule has 2 aromatic heterocycles. The summed E-state index contributed by atoms with van der Waals surface area (Å²) in [7, 11) is 4.19. The fourth-order valence-electron chi connectivity index (χ4n) is 5.36. The van der Waals surface area contributed by atoms with Crippen molar-refractivity contribution in [3.8, 4) is 33.6 Å². The molecule has 2 aromatic carbocycles. The van der Waals surface area contributed by atoms with Crippen LogP contribution in [0.4, 0.5) is 0 Å². The van der Waals surface area contributed by atoms with Gasteiger partial charge in [-0.3, -0.25) is 0 Å². The van der Waals surface area contributed by atoms with E-state index in [-0.39, 0.29) is 0 Å². The summed E-state index contributed by atoms with van der Waals surface area (Å²) in [5.41, 5.74) is 6.80. The zero-order valence-corrected chi connectivity index (χ0v) is 20.0. The Morgan fingerprint density at radius 2 is 1.00 bits per heavy atom. The molecule has 2 N–H and O–H groups in total. The van der Waals surface area contributed by atoms with Gasteiger partial charge in [-0.1, -0.05) is 48.5 Å². The van der Waals surface area contributed by atoms with Gasteiger partial charge in [0.2, 0.25) is 0 Å². The number of hydrogen-bond acceptors (Lipinski definition) is 4. The molecule has 1 unspecified atom stereocenters. The highest BCUT2D eigenvalue weighted by molar-refractivity contribution is 5.71. The van der Waals surface area contributed by atoms with Gasteiger partial charge >= 0.3 is 0 Å². The summed E-state index contributed by atoms with van der Waals surface area (Å²) in [6, 6.07) is 18.2. The van der Waals surface area contributed by atoms with E-state index in [0.717, 1.165) is 60.1 Å². The van der Waals surface area contributed by atoms with Gasteiger partial charge in [-0.2, -0.15) is 0 Å². The molecule has 6 nitrogen and oxygen atoms in total. The molecule has 0 radical (unpaired) electrons. The smallest absolute Gasteiger partial charge is 0.126 e. The van der Waals surface area contributed by atoms with Crippen molar-refractivity contribution >= 4 is 0 Å². The Labute approximate surface area is 201 Å². The lowest BCUT2D eigenvalue weighted by Gasteiger charge is -2.09. The van der Waals surface area contributed by atoms with Crippen molar-refractivity contribution in [1.82, 2.24) is 29.7 Å². The second kappa shape index (κ2) is 8.85. The SMILES string of the molecule is Cn1cc(-c2ccc(-c3ccc(-c4cn(C)c([C@@H]5CCCN5)n4)cc3)cc2)nc1C1CCCN1. The third-order valence-corrected chi connectivity index (χ3v) is 7.26. The number of imidazole rings is 2. The number of nitrogens with zero attached hydrogens (tertiary/aromatic N) is 4. The lowest BCUT2D eigenvalue weighted by Crippen LogP contribution is -2.16. The molecular formula is C28H32N6. The van der Waals surface area contributed by atoms with Crippen LogP contribution in [-0.4, -0.2) is 32.2 Å². The molecule has 2 saturated heterocycles. The maximum absolute atomic E-state index is 4.93. The first-order chi connectivity index (χ1) is 16.7. The van der Waals surface area contributed by atoms with Crippen molar-refractivity contribution in [2.75, 3.05) is 13.1 Å². The van der Waals surface area contributed by atoms with Crippen LogP contribution in [0.15, 0.2) is 60.9 Å². The topological polar surface area (TPSA) is 59.7 Å². The average molecular weight is 453 g/mol. The standard InChI is InChI=1S/C28H32N6/c1-33-17-25(31-27(33)23-5-3-15-29-23)21-11-7-19(8-12-21)20-9-13-22(14-10-20)26-18-34(2)28(32-26)24-6-4-16-30-24/h7-14,17-18,23-24,29-30H,3-6,15-16H2,1-2H3/t23-,24?/m0/s1. The predicted octanol–water partition coefficient (Wildman–Crippen LogP) is 5.00. The molecule has 0 amide bonds. The number of hydrogen-bond donors (Lipinski definition) is 2. The fraction of sp³-hybridized carbons (Fsp3) is 0.357. The molecular weight excluding hydrogens is 420 g/mol. The molecule has 0 aliphatic carbocycles. The average Bonchev–Trinajstić information content (AvgIpc) is 3.66. The van der Waals surface area contributed by atoms with Crippen molar-refractivity contribution in [2.24, 2.45) is 14.1 Å². The molecule has 174 valence electrons. The van der Waals surface area contributed by atoms with Crippen molar-refractivity contribution in [1.29, 1.82) is 0 Å². The van der Waals surface area contributed by atoms with Gasteiger partial charge in [-0.15, -0.1) is 0 Å². The Kier molecular flexibility index (Phi) is 5.55. The second-order valence-electron chi connectivity index (χ2n) is 9.64. The van der Waals surface area contributed by atoms with Crippen molar-refractivity contribution in [3.63, 3.8) is 0 Å². The maximum atomic E-state index is 4.93.